The molecule has 0 aliphatic heterocycles. The number of alkyl halides is 1. The number of amides is 1. The van der Waals surface area contributed by atoms with E-state index in [0.29, 0.717) is 12.2 Å². The second-order valence-corrected chi connectivity index (χ2v) is 5.41. The maximum absolute atomic E-state index is 12.1. The molecule has 1 aromatic heterocycles. The zero-order chi connectivity index (χ0) is 13.8. The topological polar surface area (TPSA) is 46.9 Å². The predicted molar refractivity (Wildman–Crippen MR) is 77.6 cm³/mol. The maximum atomic E-state index is 12.1. The first-order chi connectivity index (χ1) is 9.09. The van der Waals surface area contributed by atoms with E-state index in [9.17, 15) is 4.79 Å². The number of carbonyl (C=O) groups is 1. The van der Waals surface area contributed by atoms with Gasteiger partial charge in [-0.1, -0.05) is 18.2 Å². The maximum Gasteiger partial charge on any atom is 0.272 e. The summed E-state index contributed by atoms with van der Waals surface area (Å²) in [6.45, 7) is 2.58. The molecule has 1 atom stereocenters. The number of fused-ring (bicyclic) bond motifs is 1. The monoisotopic (exact) mass is 279 g/mol. The van der Waals surface area contributed by atoms with E-state index in [1.54, 1.807) is 4.68 Å². The van der Waals surface area contributed by atoms with Crippen LogP contribution in [0.1, 0.15) is 30.3 Å². The highest BCUT2D eigenvalue weighted by atomic mass is 35.5. The van der Waals surface area contributed by atoms with E-state index in [1.165, 1.54) is 0 Å². The molecule has 1 N–H and O–H groups in total. The molecule has 5 heteroatoms. The Morgan fingerprint density at radius 2 is 2.21 bits per heavy atom. The quantitative estimate of drug-likeness (QED) is 0.676. The van der Waals surface area contributed by atoms with Gasteiger partial charge in [-0.05, 0) is 25.8 Å². The SMILES string of the molecule is CC(Cl)CCCNC(=O)c1nn(C)c2ccccc12. The van der Waals surface area contributed by atoms with E-state index in [2.05, 4.69) is 10.4 Å². The Hall–Kier alpha value is -1.55. The van der Waals surface area contributed by atoms with E-state index in [1.807, 2.05) is 38.2 Å². The van der Waals surface area contributed by atoms with Gasteiger partial charge in [0.25, 0.3) is 5.91 Å². The van der Waals surface area contributed by atoms with Crippen molar-refractivity contribution in [2.45, 2.75) is 25.1 Å². The van der Waals surface area contributed by atoms with Crippen LogP contribution in [0.4, 0.5) is 0 Å². The lowest BCUT2D eigenvalue weighted by atomic mass is 10.2. The minimum absolute atomic E-state index is 0.126. The zero-order valence-electron chi connectivity index (χ0n) is 11.2. The molecule has 1 amide bonds. The van der Waals surface area contributed by atoms with Crippen molar-refractivity contribution in [3.05, 3.63) is 30.0 Å². The smallest absolute Gasteiger partial charge is 0.272 e. The fourth-order valence-electron chi connectivity index (χ4n) is 2.05. The molecule has 0 saturated heterocycles. The van der Waals surface area contributed by atoms with Crippen LogP contribution in [0.15, 0.2) is 24.3 Å². The van der Waals surface area contributed by atoms with Gasteiger partial charge >= 0.3 is 0 Å². The highest BCUT2D eigenvalue weighted by molar-refractivity contribution is 6.20. The lowest BCUT2D eigenvalue weighted by Crippen LogP contribution is -2.25. The van der Waals surface area contributed by atoms with Gasteiger partial charge in [0.15, 0.2) is 5.69 Å². The van der Waals surface area contributed by atoms with Crippen molar-refractivity contribution in [1.29, 1.82) is 0 Å². The molecule has 1 unspecified atom stereocenters. The molecular formula is C14H18ClN3O. The Kier molecular flexibility index (Phi) is 4.43. The average Bonchev–Trinajstić information content (AvgIpc) is 2.72. The first kappa shape index (κ1) is 13.9. The van der Waals surface area contributed by atoms with Crippen LogP contribution in [-0.4, -0.2) is 27.6 Å². The molecule has 2 rings (SSSR count). The number of nitrogens with one attached hydrogen (secondary N) is 1. The van der Waals surface area contributed by atoms with Crippen LogP contribution >= 0.6 is 11.6 Å². The van der Waals surface area contributed by atoms with Crippen molar-refractivity contribution in [3.63, 3.8) is 0 Å². The van der Waals surface area contributed by atoms with Crippen LogP contribution in [0.25, 0.3) is 10.9 Å². The molecule has 0 radical (unpaired) electrons. The third kappa shape index (κ3) is 3.26. The summed E-state index contributed by atoms with van der Waals surface area (Å²) in [5.74, 6) is -0.126. The van der Waals surface area contributed by atoms with Gasteiger partial charge in [0.05, 0.1) is 5.52 Å². The summed E-state index contributed by atoms with van der Waals surface area (Å²) in [7, 11) is 1.84. The Morgan fingerprint density at radius 3 is 2.95 bits per heavy atom. The lowest BCUT2D eigenvalue weighted by Gasteiger charge is -2.04. The highest BCUT2D eigenvalue weighted by Gasteiger charge is 2.14. The number of rotatable bonds is 5. The number of hydrogen-bond donors (Lipinski definition) is 1. The number of carbonyl (C=O) groups excluding carboxylic acids is 1. The van der Waals surface area contributed by atoms with Gasteiger partial charge in [-0.15, -0.1) is 11.6 Å². The van der Waals surface area contributed by atoms with E-state index >= 15 is 0 Å². The number of halogens is 1. The summed E-state index contributed by atoms with van der Waals surface area (Å²) < 4.78 is 1.73. The summed E-state index contributed by atoms with van der Waals surface area (Å²) in [4.78, 5) is 12.1. The summed E-state index contributed by atoms with van der Waals surface area (Å²) in [5.41, 5.74) is 1.44. The fraction of sp³-hybridized carbons (Fsp3) is 0.429. The molecule has 1 aromatic carbocycles. The standard InChI is InChI=1S/C14H18ClN3O/c1-10(15)6-5-9-16-14(19)13-11-7-3-4-8-12(11)18(2)17-13/h3-4,7-8,10H,5-6,9H2,1-2H3,(H,16,19). The molecule has 0 aliphatic carbocycles. The van der Waals surface area contributed by atoms with Crippen LogP contribution in [0.3, 0.4) is 0 Å². The van der Waals surface area contributed by atoms with Gasteiger partial charge in [-0.25, -0.2) is 0 Å². The minimum Gasteiger partial charge on any atom is -0.351 e. The van der Waals surface area contributed by atoms with E-state index in [4.69, 9.17) is 11.6 Å². The van der Waals surface area contributed by atoms with E-state index in [0.717, 1.165) is 23.7 Å². The Balaban J connectivity index is 2.05. The first-order valence-corrected chi connectivity index (χ1v) is 6.87. The van der Waals surface area contributed by atoms with Gasteiger partial charge in [0, 0.05) is 24.4 Å². The number of hydrogen-bond acceptors (Lipinski definition) is 2. The summed E-state index contributed by atoms with van der Waals surface area (Å²) >= 11 is 5.86. The molecule has 0 saturated carbocycles. The number of nitrogens with zero attached hydrogens (tertiary/aromatic N) is 2. The van der Waals surface area contributed by atoms with Crippen LogP contribution in [-0.2, 0) is 7.05 Å². The van der Waals surface area contributed by atoms with Gasteiger partial charge in [0.2, 0.25) is 0 Å². The van der Waals surface area contributed by atoms with Crippen molar-refractivity contribution in [2.24, 2.45) is 7.05 Å². The molecule has 19 heavy (non-hydrogen) atoms. The molecule has 0 bridgehead atoms. The summed E-state index contributed by atoms with van der Waals surface area (Å²) in [5, 5.41) is 8.20. The van der Waals surface area contributed by atoms with Crippen molar-refractivity contribution in [1.82, 2.24) is 15.1 Å². The van der Waals surface area contributed by atoms with Crippen LogP contribution in [0.2, 0.25) is 0 Å². The first-order valence-electron chi connectivity index (χ1n) is 6.43. The fourth-order valence-corrected chi connectivity index (χ4v) is 2.20. The predicted octanol–water partition coefficient (Wildman–Crippen LogP) is 2.71. The Labute approximate surface area is 117 Å². The average molecular weight is 280 g/mol. The minimum atomic E-state index is -0.126. The molecule has 0 spiro atoms. The normalized spacial score (nSPS) is 12.6. The highest BCUT2D eigenvalue weighted by Crippen LogP contribution is 2.17. The molecule has 4 nitrogen and oxygen atoms in total. The van der Waals surface area contributed by atoms with E-state index in [-0.39, 0.29) is 11.3 Å². The van der Waals surface area contributed by atoms with Crippen molar-refractivity contribution in [2.75, 3.05) is 6.54 Å². The summed E-state index contributed by atoms with van der Waals surface area (Å²) in [6, 6.07) is 7.72. The molecule has 1 heterocycles. The number of para-hydroxylation sites is 1. The number of benzene rings is 1. The Bertz CT molecular complexity index is 577. The van der Waals surface area contributed by atoms with Crippen LogP contribution < -0.4 is 5.32 Å². The largest absolute Gasteiger partial charge is 0.351 e. The molecule has 0 fully saturated rings. The van der Waals surface area contributed by atoms with Gasteiger partial charge < -0.3 is 5.32 Å². The number of aryl methyl sites for hydroxylation is 1. The lowest BCUT2D eigenvalue weighted by molar-refractivity contribution is 0.0949. The van der Waals surface area contributed by atoms with Gasteiger partial charge in [0.1, 0.15) is 0 Å². The summed E-state index contributed by atoms with van der Waals surface area (Å²) in [6.07, 6.45) is 1.77. The van der Waals surface area contributed by atoms with Gasteiger partial charge in [-0.2, -0.15) is 5.10 Å². The molecule has 102 valence electrons. The van der Waals surface area contributed by atoms with E-state index < -0.39 is 0 Å². The van der Waals surface area contributed by atoms with Crippen molar-refractivity contribution >= 4 is 28.4 Å². The second-order valence-electron chi connectivity index (χ2n) is 4.67. The molecular weight excluding hydrogens is 262 g/mol. The second kappa shape index (κ2) is 6.06. The van der Waals surface area contributed by atoms with Crippen molar-refractivity contribution < 1.29 is 4.79 Å². The third-order valence-corrected chi connectivity index (χ3v) is 3.26. The third-order valence-electron chi connectivity index (χ3n) is 3.04. The molecule has 0 aliphatic rings. The number of aromatic nitrogens is 2. The van der Waals surface area contributed by atoms with Crippen molar-refractivity contribution in [3.8, 4) is 0 Å². The molecule has 2 aromatic rings. The van der Waals surface area contributed by atoms with Crippen LogP contribution in [0.5, 0.6) is 0 Å². The van der Waals surface area contributed by atoms with Crippen LogP contribution in [0, 0.1) is 0 Å². The zero-order valence-corrected chi connectivity index (χ0v) is 11.9. The van der Waals surface area contributed by atoms with Gasteiger partial charge in [-0.3, -0.25) is 9.48 Å². The Morgan fingerprint density at radius 1 is 1.47 bits per heavy atom.